The highest BCUT2D eigenvalue weighted by Gasteiger charge is 2.28. The highest BCUT2D eigenvalue weighted by molar-refractivity contribution is 7.13. The Morgan fingerprint density at radius 2 is 2.08 bits per heavy atom. The number of hydrogen-bond donors (Lipinski definition) is 0. The van der Waals surface area contributed by atoms with Crippen LogP contribution in [0.15, 0.2) is 47.8 Å². The highest BCUT2D eigenvalue weighted by Crippen LogP contribution is 2.32. The second kappa shape index (κ2) is 6.96. The van der Waals surface area contributed by atoms with Crippen LogP contribution >= 0.6 is 11.3 Å². The summed E-state index contributed by atoms with van der Waals surface area (Å²) in [6, 6.07) is 14.0. The number of rotatable bonds is 6. The minimum atomic E-state index is 0.144. The molecule has 2 heterocycles. The molecule has 2 aromatic heterocycles. The van der Waals surface area contributed by atoms with Crippen molar-refractivity contribution in [3.63, 3.8) is 0 Å². The van der Waals surface area contributed by atoms with Gasteiger partial charge in [-0.15, -0.1) is 11.3 Å². The zero-order valence-corrected chi connectivity index (χ0v) is 15.3. The van der Waals surface area contributed by atoms with Crippen molar-refractivity contribution in [2.75, 3.05) is 13.1 Å². The lowest BCUT2D eigenvalue weighted by Crippen LogP contribution is -2.33. The summed E-state index contributed by atoms with van der Waals surface area (Å²) >= 11 is 1.66. The first-order valence-electron chi connectivity index (χ1n) is 8.99. The van der Waals surface area contributed by atoms with Crippen LogP contribution in [0.2, 0.25) is 0 Å². The van der Waals surface area contributed by atoms with Crippen LogP contribution in [-0.2, 0) is 0 Å². The summed E-state index contributed by atoms with van der Waals surface area (Å²) in [6.07, 6.45) is 3.50. The number of nitrogens with zero attached hydrogens (tertiary/aromatic N) is 2. The number of pyridine rings is 1. The lowest BCUT2D eigenvalue weighted by atomic mass is 10.1. The van der Waals surface area contributed by atoms with Crippen molar-refractivity contribution >= 4 is 28.1 Å². The molecule has 0 bridgehead atoms. The van der Waals surface area contributed by atoms with Gasteiger partial charge in [-0.1, -0.05) is 31.2 Å². The highest BCUT2D eigenvalue weighted by atomic mass is 32.1. The maximum atomic E-state index is 13.3. The summed E-state index contributed by atoms with van der Waals surface area (Å²) in [5.41, 5.74) is 2.56. The molecule has 1 aliphatic rings. The maximum absolute atomic E-state index is 13.3. The number of benzene rings is 1. The molecule has 1 fully saturated rings. The third-order valence-electron chi connectivity index (χ3n) is 4.68. The minimum Gasteiger partial charge on any atom is -0.338 e. The maximum Gasteiger partial charge on any atom is 0.254 e. The van der Waals surface area contributed by atoms with Gasteiger partial charge in [-0.3, -0.25) is 4.79 Å². The van der Waals surface area contributed by atoms with E-state index < -0.39 is 0 Å². The normalized spacial score (nSPS) is 14.0. The van der Waals surface area contributed by atoms with Crippen LogP contribution < -0.4 is 0 Å². The number of amides is 1. The average Bonchev–Trinajstić information content (AvgIpc) is 3.29. The summed E-state index contributed by atoms with van der Waals surface area (Å²) in [7, 11) is 0. The van der Waals surface area contributed by atoms with Crippen molar-refractivity contribution in [3.05, 3.63) is 53.4 Å². The van der Waals surface area contributed by atoms with Gasteiger partial charge in [0.15, 0.2) is 0 Å². The number of thiophene rings is 1. The van der Waals surface area contributed by atoms with E-state index in [-0.39, 0.29) is 5.91 Å². The minimum absolute atomic E-state index is 0.144. The third kappa shape index (κ3) is 3.45. The van der Waals surface area contributed by atoms with E-state index in [9.17, 15) is 4.79 Å². The molecule has 1 aliphatic carbocycles. The Bertz CT molecular complexity index is 884. The van der Waals surface area contributed by atoms with Crippen LogP contribution in [0.4, 0.5) is 0 Å². The fourth-order valence-electron chi connectivity index (χ4n) is 3.23. The van der Waals surface area contributed by atoms with Crippen molar-refractivity contribution in [1.29, 1.82) is 0 Å². The quantitative estimate of drug-likeness (QED) is 0.610. The van der Waals surface area contributed by atoms with E-state index in [2.05, 4.69) is 13.0 Å². The van der Waals surface area contributed by atoms with Crippen molar-refractivity contribution < 1.29 is 4.79 Å². The van der Waals surface area contributed by atoms with Gasteiger partial charge in [0.25, 0.3) is 5.91 Å². The Labute approximate surface area is 152 Å². The number of aromatic nitrogens is 1. The van der Waals surface area contributed by atoms with Gasteiger partial charge < -0.3 is 4.90 Å². The largest absolute Gasteiger partial charge is 0.338 e. The number of carbonyl (C=O) groups excluding carboxylic acids is 1. The molecule has 128 valence electrons. The lowest BCUT2D eigenvalue weighted by Gasteiger charge is -2.23. The second-order valence-corrected chi connectivity index (χ2v) is 7.69. The number of hydrogen-bond acceptors (Lipinski definition) is 3. The molecule has 4 heteroatoms. The lowest BCUT2D eigenvalue weighted by molar-refractivity contribution is 0.0749. The van der Waals surface area contributed by atoms with E-state index in [1.165, 1.54) is 12.8 Å². The van der Waals surface area contributed by atoms with Crippen LogP contribution in [0.3, 0.4) is 0 Å². The Kier molecular flexibility index (Phi) is 4.53. The third-order valence-corrected chi connectivity index (χ3v) is 5.57. The van der Waals surface area contributed by atoms with Crippen LogP contribution in [0.25, 0.3) is 21.5 Å². The van der Waals surface area contributed by atoms with Crippen LogP contribution in [-0.4, -0.2) is 28.9 Å². The van der Waals surface area contributed by atoms with E-state index in [4.69, 9.17) is 4.98 Å². The topological polar surface area (TPSA) is 33.2 Å². The van der Waals surface area contributed by atoms with E-state index >= 15 is 0 Å². The van der Waals surface area contributed by atoms with Gasteiger partial charge in [0, 0.05) is 18.5 Å². The van der Waals surface area contributed by atoms with Crippen LogP contribution in [0, 0.1) is 5.92 Å². The van der Waals surface area contributed by atoms with Crippen molar-refractivity contribution in [3.8, 4) is 10.6 Å². The molecule has 0 N–H and O–H groups in total. The molecule has 3 aromatic rings. The molecule has 0 saturated heterocycles. The molecule has 25 heavy (non-hydrogen) atoms. The first-order valence-corrected chi connectivity index (χ1v) is 9.87. The molecule has 1 aromatic carbocycles. The van der Waals surface area contributed by atoms with Gasteiger partial charge in [-0.05, 0) is 48.8 Å². The van der Waals surface area contributed by atoms with Crippen molar-refractivity contribution in [2.45, 2.75) is 26.2 Å². The fraction of sp³-hybridized carbons (Fsp3) is 0.333. The van der Waals surface area contributed by atoms with Crippen LogP contribution in [0.1, 0.15) is 36.5 Å². The smallest absolute Gasteiger partial charge is 0.254 e. The number of carbonyl (C=O) groups is 1. The molecule has 0 unspecified atom stereocenters. The first-order chi connectivity index (χ1) is 12.3. The molecule has 4 rings (SSSR count). The monoisotopic (exact) mass is 350 g/mol. The summed E-state index contributed by atoms with van der Waals surface area (Å²) in [6.45, 7) is 3.84. The van der Waals surface area contributed by atoms with Crippen LogP contribution in [0.5, 0.6) is 0 Å². The van der Waals surface area contributed by atoms with Gasteiger partial charge in [-0.2, -0.15) is 0 Å². The zero-order valence-electron chi connectivity index (χ0n) is 14.4. The molecular weight excluding hydrogens is 328 g/mol. The van der Waals surface area contributed by atoms with E-state index in [1.54, 1.807) is 11.3 Å². The van der Waals surface area contributed by atoms with E-state index in [1.807, 2.05) is 46.7 Å². The summed E-state index contributed by atoms with van der Waals surface area (Å²) in [5.74, 6) is 0.838. The van der Waals surface area contributed by atoms with Gasteiger partial charge in [0.1, 0.15) is 0 Å². The Morgan fingerprint density at radius 3 is 2.80 bits per heavy atom. The molecule has 1 saturated carbocycles. The van der Waals surface area contributed by atoms with E-state index in [0.29, 0.717) is 5.92 Å². The number of fused-ring (bicyclic) bond motifs is 1. The molecule has 0 atom stereocenters. The second-order valence-electron chi connectivity index (χ2n) is 6.74. The van der Waals surface area contributed by atoms with Gasteiger partial charge in [-0.25, -0.2) is 4.98 Å². The molecule has 0 radical (unpaired) electrons. The molecule has 1 amide bonds. The number of para-hydroxylation sites is 1. The van der Waals surface area contributed by atoms with Crippen molar-refractivity contribution in [2.24, 2.45) is 5.92 Å². The Morgan fingerprint density at radius 1 is 1.24 bits per heavy atom. The SMILES string of the molecule is CCCN(CC1CC1)C(=O)c1cc(-c2cccs2)nc2ccccc12. The zero-order chi connectivity index (χ0) is 17.2. The summed E-state index contributed by atoms with van der Waals surface area (Å²) < 4.78 is 0. The standard InChI is InChI=1S/C21H22N2OS/c1-2-11-23(14-15-9-10-15)21(24)17-13-19(20-8-5-12-25-20)22-18-7-4-3-6-16(17)18/h3-8,12-13,15H,2,9-11,14H2,1H3. The molecule has 0 aliphatic heterocycles. The predicted octanol–water partition coefficient (Wildman–Crippen LogP) is 5.23. The fourth-order valence-corrected chi connectivity index (χ4v) is 3.92. The Hall–Kier alpha value is -2.20. The Balaban J connectivity index is 1.79. The summed E-state index contributed by atoms with van der Waals surface area (Å²) in [4.78, 5) is 21.3. The van der Waals surface area contributed by atoms with E-state index in [0.717, 1.165) is 46.5 Å². The van der Waals surface area contributed by atoms with Gasteiger partial charge in [0.05, 0.1) is 21.7 Å². The molecule has 3 nitrogen and oxygen atoms in total. The average molecular weight is 350 g/mol. The molecule has 0 spiro atoms. The molecular formula is C21H22N2OS. The predicted molar refractivity (Wildman–Crippen MR) is 104 cm³/mol. The van der Waals surface area contributed by atoms with Gasteiger partial charge >= 0.3 is 0 Å². The first kappa shape index (κ1) is 16.3. The summed E-state index contributed by atoms with van der Waals surface area (Å²) in [5, 5.41) is 2.99. The van der Waals surface area contributed by atoms with Crippen molar-refractivity contribution in [1.82, 2.24) is 9.88 Å². The van der Waals surface area contributed by atoms with Gasteiger partial charge in [0.2, 0.25) is 0 Å².